The van der Waals surface area contributed by atoms with Crippen molar-refractivity contribution in [2.45, 2.75) is 38.7 Å². The number of hydrogen-bond donors (Lipinski definition) is 2. The predicted octanol–water partition coefficient (Wildman–Crippen LogP) is 0.982. The second kappa shape index (κ2) is 10.2. The van der Waals surface area contributed by atoms with Crippen LogP contribution in [0.1, 0.15) is 32.6 Å². The average Bonchev–Trinajstić information content (AvgIpc) is 2.17. The summed E-state index contributed by atoms with van der Waals surface area (Å²) in [6.45, 7) is 3.85. The summed E-state index contributed by atoms with van der Waals surface area (Å²) in [5.74, 6) is 0. The van der Waals surface area contributed by atoms with Crippen LogP contribution in [0, 0.1) is 0 Å². The molecule has 0 spiro atoms. The van der Waals surface area contributed by atoms with Crippen LogP contribution in [0.5, 0.6) is 0 Å². The first-order valence-corrected chi connectivity index (χ1v) is 7.18. The Labute approximate surface area is 83.8 Å². The molecule has 3 N–H and O–H groups in total. The van der Waals surface area contributed by atoms with Crippen LogP contribution in [0.3, 0.4) is 0 Å². The number of nitrogens with one attached hydrogen (secondary N) is 1. The minimum absolute atomic E-state index is 0.710. The number of hydrogen-bond acceptors (Lipinski definition) is 3. The van der Waals surface area contributed by atoms with Gasteiger partial charge in [-0.25, -0.2) is 0 Å². The van der Waals surface area contributed by atoms with E-state index in [1.165, 1.54) is 31.7 Å². The van der Waals surface area contributed by atoms with Gasteiger partial charge < -0.3 is 15.1 Å². The summed E-state index contributed by atoms with van der Waals surface area (Å²) < 4.78 is 5.40. The molecular weight excluding hydrogens is 180 g/mol. The normalized spacial score (nSPS) is 13.2. The van der Waals surface area contributed by atoms with E-state index in [0.29, 0.717) is 6.54 Å². The molecule has 0 rings (SSSR count). The summed E-state index contributed by atoms with van der Waals surface area (Å²) in [5, 5.41) is 0. The smallest absolute Gasteiger partial charge is 0.251 e. The lowest BCUT2D eigenvalue weighted by molar-refractivity contribution is 0.403. The minimum Gasteiger partial charge on any atom is -0.409 e. The lowest BCUT2D eigenvalue weighted by Gasteiger charge is -2.13. The molecule has 0 bridgehead atoms. The SMILES string of the molecule is CCCCCC[SiH](NCCN)OC. The molecule has 0 aliphatic rings. The van der Waals surface area contributed by atoms with Gasteiger partial charge in [0.1, 0.15) is 0 Å². The molecule has 0 saturated heterocycles. The van der Waals surface area contributed by atoms with Crippen molar-refractivity contribution in [2.24, 2.45) is 5.73 Å². The van der Waals surface area contributed by atoms with Crippen LogP contribution in [0.15, 0.2) is 0 Å². The zero-order valence-electron chi connectivity index (χ0n) is 9.01. The summed E-state index contributed by atoms with van der Waals surface area (Å²) in [6, 6.07) is 1.23. The van der Waals surface area contributed by atoms with Gasteiger partial charge in [0.25, 0.3) is 9.20 Å². The zero-order valence-corrected chi connectivity index (χ0v) is 10.2. The molecule has 0 radical (unpaired) electrons. The van der Waals surface area contributed by atoms with Crippen molar-refractivity contribution in [2.75, 3.05) is 20.2 Å². The van der Waals surface area contributed by atoms with Crippen molar-refractivity contribution in [1.29, 1.82) is 0 Å². The maximum absolute atomic E-state index is 5.41. The maximum Gasteiger partial charge on any atom is 0.251 e. The Morgan fingerprint density at radius 1 is 1.31 bits per heavy atom. The Kier molecular flexibility index (Phi) is 10.3. The molecule has 0 aromatic rings. The first-order valence-electron chi connectivity index (χ1n) is 5.31. The van der Waals surface area contributed by atoms with Crippen LogP contribution in [0.4, 0.5) is 0 Å². The molecule has 0 amide bonds. The van der Waals surface area contributed by atoms with Crippen LogP contribution < -0.4 is 10.7 Å². The second-order valence-corrected chi connectivity index (χ2v) is 5.75. The highest BCUT2D eigenvalue weighted by Gasteiger charge is 2.07. The van der Waals surface area contributed by atoms with Gasteiger partial charge in [-0.15, -0.1) is 0 Å². The van der Waals surface area contributed by atoms with E-state index < -0.39 is 9.20 Å². The Morgan fingerprint density at radius 3 is 2.62 bits per heavy atom. The molecule has 3 nitrogen and oxygen atoms in total. The monoisotopic (exact) mass is 204 g/mol. The summed E-state index contributed by atoms with van der Waals surface area (Å²) >= 11 is 0. The highest BCUT2D eigenvalue weighted by molar-refractivity contribution is 6.48. The summed E-state index contributed by atoms with van der Waals surface area (Å²) in [6.07, 6.45) is 5.29. The van der Waals surface area contributed by atoms with E-state index in [9.17, 15) is 0 Å². The van der Waals surface area contributed by atoms with E-state index in [1.807, 2.05) is 0 Å². The largest absolute Gasteiger partial charge is 0.409 e. The first-order chi connectivity index (χ1) is 6.35. The number of unbranched alkanes of at least 4 members (excludes halogenated alkanes) is 3. The quantitative estimate of drug-likeness (QED) is 0.435. The average molecular weight is 204 g/mol. The van der Waals surface area contributed by atoms with Gasteiger partial charge in [0.2, 0.25) is 0 Å². The van der Waals surface area contributed by atoms with Gasteiger partial charge in [0, 0.05) is 20.2 Å². The van der Waals surface area contributed by atoms with Crippen molar-refractivity contribution in [3.05, 3.63) is 0 Å². The Hall–Kier alpha value is 0.0969. The molecule has 13 heavy (non-hydrogen) atoms. The van der Waals surface area contributed by atoms with Gasteiger partial charge in [-0.2, -0.15) is 0 Å². The highest BCUT2D eigenvalue weighted by Crippen LogP contribution is 2.04. The second-order valence-electron chi connectivity index (χ2n) is 3.32. The molecular formula is C9H24N2OSi. The number of nitrogens with two attached hydrogens (primary N) is 1. The summed E-state index contributed by atoms with van der Waals surface area (Å²) in [7, 11) is 0.703. The van der Waals surface area contributed by atoms with E-state index in [0.717, 1.165) is 6.54 Å². The van der Waals surface area contributed by atoms with Crippen molar-refractivity contribution in [3.8, 4) is 0 Å². The summed E-state index contributed by atoms with van der Waals surface area (Å²) in [5.41, 5.74) is 5.41. The van der Waals surface area contributed by atoms with Crippen LogP contribution in [0.2, 0.25) is 6.04 Å². The van der Waals surface area contributed by atoms with E-state index in [4.69, 9.17) is 10.2 Å². The van der Waals surface area contributed by atoms with E-state index >= 15 is 0 Å². The molecule has 0 aromatic heterocycles. The van der Waals surface area contributed by atoms with Gasteiger partial charge >= 0.3 is 0 Å². The Bertz CT molecular complexity index is 104. The molecule has 1 atom stereocenters. The highest BCUT2D eigenvalue weighted by atomic mass is 28.3. The van der Waals surface area contributed by atoms with Gasteiger partial charge in [0.05, 0.1) is 0 Å². The first kappa shape index (κ1) is 13.1. The molecule has 1 unspecified atom stereocenters. The third kappa shape index (κ3) is 8.43. The third-order valence-electron chi connectivity index (χ3n) is 2.12. The van der Waals surface area contributed by atoms with Crippen molar-refractivity contribution in [3.63, 3.8) is 0 Å². The molecule has 0 fully saturated rings. The van der Waals surface area contributed by atoms with Gasteiger partial charge in [-0.1, -0.05) is 32.6 Å². The van der Waals surface area contributed by atoms with Crippen molar-refractivity contribution >= 4 is 9.20 Å². The van der Waals surface area contributed by atoms with Crippen LogP contribution in [-0.2, 0) is 4.43 Å². The molecule has 80 valence electrons. The van der Waals surface area contributed by atoms with Crippen LogP contribution in [-0.4, -0.2) is 29.4 Å². The van der Waals surface area contributed by atoms with E-state index in [2.05, 4.69) is 11.9 Å². The Morgan fingerprint density at radius 2 is 2.08 bits per heavy atom. The topological polar surface area (TPSA) is 47.3 Å². The third-order valence-corrected chi connectivity index (χ3v) is 4.37. The fraction of sp³-hybridized carbons (Fsp3) is 1.00. The number of rotatable bonds is 9. The van der Waals surface area contributed by atoms with E-state index in [-0.39, 0.29) is 0 Å². The van der Waals surface area contributed by atoms with Crippen molar-refractivity contribution in [1.82, 2.24) is 4.98 Å². The Balaban J connectivity index is 3.25. The molecule has 0 aliphatic carbocycles. The molecule has 0 aliphatic heterocycles. The van der Waals surface area contributed by atoms with Gasteiger partial charge in [0.15, 0.2) is 0 Å². The van der Waals surface area contributed by atoms with E-state index in [1.54, 1.807) is 7.11 Å². The molecule has 4 heteroatoms. The lowest BCUT2D eigenvalue weighted by Crippen LogP contribution is -2.38. The van der Waals surface area contributed by atoms with Crippen LogP contribution in [0.25, 0.3) is 0 Å². The van der Waals surface area contributed by atoms with Crippen LogP contribution >= 0.6 is 0 Å². The predicted molar refractivity (Wildman–Crippen MR) is 60.2 cm³/mol. The molecule has 0 heterocycles. The summed E-state index contributed by atoms with van der Waals surface area (Å²) in [4.78, 5) is 3.39. The molecule has 0 aromatic carbocycles. The molecule has 0 saturated carbocycles. The van der Waals surface area contributed by atoms with Gasteiger partial charge in [-0.05, 0) is 6.04 Å². The van der Waals surface area contributed by atoms with Gasteiger partial charge in [-0.3, -0.25) is 0 Å². The fourth-order valence-corrected chi connectivity index (χ4v) is 3.06. The minimum atomic E-state index is -1.10. The van der Waals surface area contributed by atoms with Crippen molar-refractivity contribution < 1.29 is 4.43 Å². The zero-order chi connectivity index (χ0) is 9.94. The standard InChI is InChI=1S/C9H24N2OSi/c1-3-4-5-6-9-13(12-2)11-8-7-10/h11,13H,3-10H2,1-2H3. The maximum atomic E-state index is 5.41. The fourth-order valence-electron chi connectivity index (χ4n) is 1.30. The lowest BCUT2D eigenvalue weighted by atomic mass is 10.2.